The van der Waals surface area contributed by atoms with E-state index in [-0.39, 0.29) is 10.8 Å². The fourth-order valence-electron chi connectivity index (χ4n) is 13.3. The minimum atomic E-state index is -0.0850. The second-order valence-electron chi connectivity index (χ2n) is 24.7. The van der Waals surface area contributed by atoms with Crippen LogP contribution in [0.15, 0.2) is 255 Å². The van der Waals surface area contributed by atoms with Gasteiger partial charge in [-0.3, -0.25) is 9.13 Å². The molecule has 0 radical (unpaired) electrons. The lowest BCUT2D eigenvalue weighted by Crippen LogP contribution is -2.12. The number of aromatic nitrogens is 6. The molecule has 16 aromatic rings. The van der Waals surface area contributed by atoms with E-state index in [1.165, 1.54) is 65.9 Å². The SMILES string of the molecule is CC(C)(C)c1ccnc(-n2c3ccc(-c4cccc5c4c4ccccc4n5-c4ccccc4)cc3c3ccc(Oc4ccc5c6cc(-c7cccc8c9ccccc9n(-c9ccccc9)c78)ccc6n(-c6cc(C(C)(C)C)ccn6)c5c4)cc32)c1. The Morgan fingerprint density at radius 3 is 1.33 bits per heavy atom. The smallest absolute Gasteiger partial charge is 0.137 e. The summed E-state index contributed by atoms with van der Waals surface area (Å²) in [5.74, 6) is 3.16. The monoisotopic (exact) mass is 1100 g/mol. The lowest BCUT2D eigenvalue weighted by Gasteiger charge is -2.20. The summed E-state index contributed by atoms with van der Waals surface area (Å²) in [6.07, 6.45) is 3.89. The fraction of sp³-hybridized carbons (Fsp3) is 0.103. The lowest BCUT2D eigenvalue weighted by molar-refractivity contribution is 0.484. The van der Waals surface area contributed by atoms with Crippen LogP contribution < -0.4 is 4.74 Å². The number of nitrogens with zero attached hydrogens (tertiary/aromatic N) is 6. The Balaban J connectivity index is 0.859. The second kappa shape index (κ2) is 19.0. The summed E-state index contributed by atoms with van der Waals surface area (Å²) < 4.78 is 16.5. The molecule has 0 unspecified atom stereocenters. The van der Waals surface area contributed by atoms with Gasteiger partial charge in [0.05, 0.1) is 44.1 Å². The van der Waals surface area contributed by atoms with Gasteiger partial charge in [-0.1, -0.05) is 157 Å². The number of rotatable bonds is 8. The van der Waals surface area contributed by atoms with Crippen LogP contribution in [0.2, 0.25) is 0 Å². The molecular weight excluding hydrogens is 1040 g/mol. The zero-order valence-electron chi connectivity index (χ0n) is 48.3. The Labute approximate surface area is 492 Å². The molecule has 0 bridgehead atoms. The number of ether oxygens (including phenoxy) is 1. The Bertz CT molecular complexity index is 5350. The zero-order chi connectivity index (χ0) is 57.3. The van der Waals surface area contributed by atoms with Gasteiger partial charge in [0, 0.05) is 84.6 Å². The van der Waals surface area contributed by atoms with Crippen LogP contribution in [0.3, 0.4) is 0 Å². The molecule has 10 aromatic carbocycles. The Kier molecular flexibility index (Phi) is 11.2. The van der Waals surface area contributed by atoms with Gasteiger partial charge in [0.2, 0.25) is 0 Å². The number of fused-ring (bicyclic) bond motifs is 12. The molecule has 408 valence electrons. The van der Waals surface area contributed by atoms with Crippen LogP contribution in [0, 0.1) is 0 Å². The van der Waals surface area contributed by atoms with Gasteiger partial charge in [-0.2, -0.15) is 0 Å². The van der Waals surface area contributed by atoms with Gasteiger partial charge in [-0.05, 0) is 154 Å². The van der Waals surface area contributed by atoms with E-state index in [0.717, 1.165) is 89.2 Å². The predicted molar refractivity (Wildman–Crippen MR) is 354 cm³/mol. The van der Waals surface area contributed by atoms with Crippen LogP contribution in [-0.4, -0.2) is 28.2 Å². The average molecular weight is 1100 g/mol. The summed E-state index contributed by atoms with van der Waals surface area (Å²) in [5, 5.41) is 9.40. The number of para-hydroxylation sites is 5. The van der Waals surface area contributed by atoms with Crippen molar-refractivity contribution in [2.75, 3.05) is 0 Å². The largest absolute Gasteiger partial charge is 0.457 e. The maximum Gasteiger partial charge on any atom is 0.137 e. The van der Waals surface area contributed by atoms with Crippen molar-refractivity contribution in [2.45, 2.75) is 52.4 Å². The molecule has 0 amide bonds. The van der Waals surface area contributed by atoms with Gasteiger partial charge >= 0.3 is 0 Å². The van der Waals surface area contributed by atoms with Gasteiger partial charge in [0.15, 0.2) is 0 Å². The first-order valence-corrected chi connectivity index (χ1v) is 29.4. The molecule has 16 rings (SSSR count). The van der Waals surface area contributed by atoms with Crippen molar-refractivity contribution in [3.8, 4) is 56.8 Å². The number of pyridine rings is 2. The van der Waals surface area contributed by atoms with Crippen LogP contribution in [-0.2, 0) is 10.8 Å². The minimum absolute atomic E-state index is 0.0838. The molecule has 0 atom stereocenters. The summed E-state index contributed by atoms with van der Waals surface area (Å²) in [7, 11) is 0. The molecular formula is C78H60N6O. The summed E-state index contributed by atoms with van der Waals surface area (Å²) in [4.78, 5) is 10.2. The lowest BCUT2D eigenvalue weighted by atomic mass is 9.88. The van der Waals surface area contributed by atoms with Crippen molar-refractivity contribution in [2.24, 2.45) is 0 Å². The van der Waals surface area contributed by atoms with Crippen molar-refractivity contribution in [3.05, 3.63) is 266 Å². The molecule has 6 heterocycles. The Morgan fingerprint density at radius 1 is 0.306 bits per heavy atom. The van der Waals surface area contributed by atoms with E-state index >= 15 is 0 Å². The first-order valence-electron chi connectivity index (χ1n) is 29.4. The molecule has 0 aliphatic heterocycles. The van der Waals surface area contributed by atoms with E-state index < -0.39 is 0 Å². The Hall–Kier alpha value is -10.5. The van der Waals surface area contributed by atoms with E-state index in [9.17, 15) is 0 Å². The van der Waals surface area contributed by atoms with Crippen molar-refractivity contribution in [3.63, 3.8) is 0 Å². The van der Waals surface area contributed by atoms with Crippen LogP contribution in [0.5, 0.6) is 11.5 Å². The molecule has 7 nitrogen and oxygen atoms in total. The van der Waals surface area contributed by atoms with Gasteiger partial charge < -0.3 is 13.9 Å². The van der Waals surface area contributed by atoms with E-state index in [1.54, 1.807) is 0 Å². The van der Waals surface area contributed by atoms with Crippen LogP contribution in [0.4, 0.5) is 0 Å². The standard InChI is InChI=1S/C78H60N6O/c1-77(2,3)51-39-41-79-73(45-51)83-68-37-31-49(57-25-18-30-70-75(57)63-24-14-16-29-67(63)81(70)53-19-9-7-10-20-53)43-64(68)60-35-33-55(47-71(60)83)85-56-34-36-61-65-44-50(32-38-69(65)84(72(61)48-56)74-46-52(40-42-80-74)78(4,5)6)58-26-17-27-62-59-23-13-15-28-66(59)82(76(58)62)54-21-11-8-12-22-54/h7-48H,1-6H3. The highest BCUT2D eigenvalue weighted by molar-refractivity contribution is 6.19. The molecule has 7 heteroatoms. The number of benzene rings is 10. The van der Waals surface area contributed by atoms with Crippen molar-refractivity contribution < 1.29 is 4.74 Å². The number of hydrogen-bond donors (Lipinski definition) is 0. The molecule has 0 spiro atoms. The molecule has 6 aromatic heterocycles. The summed E-state index contributed by atoms with van der Waals surface area (Å²) in [6.45, 7) is 13.5. The first kappa shape index (κ1) is 50.2. The maximum atomic E-state index is 7.10. The van der Waals surface area contributed by atoms with Crippen LogP contribution in [0.25, 0.3) is 132 Å². The fourth-order valence-corrected chi connectivity index (χ4v) is 13.3. The molecule has 0 saturated carbocycles. The normalized spacial score (nSPS) is 12.4. The van der Waals surface area contributed by atoms with Gasteiger partial charge in [0.1, 0.15) is 23.1 Å². The quantitative estimate of drug-likeness (QED) is 0.152. The molecule has 85 heavy (non-hydrogen) atoms. The third-order valence-electron chi connectivity index (χ3n) is 17.4. The zero-order valence-corrected chi connectivity index (χ0v) is 48.3. The predicted octanol–water partition coefficient (Wildman–Crippen LogP) is 20.6. The van der Waals surface area contributed by atoms with Gasteiger partial charge in [0.25, 0.3) is 0 Å². The highest BCUT2D eigenvalue weighted by Gasteiger charge is 2.24. The molecule has 0 N–H and O–H groups in total. The van der Waals surface area contributed by atoms with E-state index in [1.807, 2.05) is 12.4 Å². The third kappa shape index (κ3) is 8.09. The van der Waals surface area contributed by atoms with Crippen molar-refractivity contribution in [1.29, 1.82) is 0 Å². The van der Waals surface area contributed by atoms with E-state index in [0.29, 0.717) is 0 Å². The highest BCUT2D eigenvalue weighted by atomic mass is 16.5. The van der Waals surface area contributed by atoms with E-state index in [2.05, 4.69) is 302 Å². The van der Waals surface area contributed by atoms with Crippen molar-refractivity contribution in [1.82, 2.24) is 28.2 Å². The summed E-state index contributed by atoms with van der Waals surface area (Å²) in [5.41, 5.74) is 18.0. The summed E-state index contributed by atoms with van der Waals surface area (Å²) >= 11 is 0. The number of hydrogen-bond acceptors (Lipinski definition) is 3. The van der Waals surface area contributed by atoms with Gasteiger partial charge in [-0.25, -0.2) is 9.97 Å². The second-order valence-corrected chi connectivity index (χ2v) is 24.7. The Morgan fingerprint density at radius 2 is 0.753 bits per heavy atom. The average Bonchev–Trinajstić information content (AvgIpc) is 2.16. The molecule has 0 aliphatic rings. The molecule has 0 fully saturated rings. The van der Waals surface area contributed by atoms with Crippen molar-refractivity contribution >= 4 is 87.2 Å². The van der Waals surface area contributed by atoms with Crippen LogP contribution in [0.1, 0.15) is 52.7 Å². The van der Waals surface area contributed by atoms with Crippen LogP contribution >= 0.6 is 0 Å². The molecule has 0 aliphatic carbocycles. The summed E-state index contributed by atoms with van der Waals surface area (Å²) in [6, 6.07) is 87.9. The maximum absolute atomic E-state index is 7.10. The van der Waals surface area contributed by atoms with Gasteiger partial charge in [-0.15, -0.1) is 0 Å². The van der Waals surface area contributed by atoms with E-state index in [4.69, 9.17) is 14.7 Å². The minimum Gasteiger partial charge on any atom is -0.457 e. The highest BCUT2D eigenvalue weighted by Crippen LogP contribution is 2.45. The first-order chi connectivity index (χ1) is 41.4. The molecule has 0 saturated heterocycles. The third-order valence-corrected chi connectivity index (χ3v) is 17.4. The topological polar surface area (TPSA) is 54.7 Å².